The van der Waals surface area contributed by atoms with Crippen molar-refractivity contribution in [3.05, 3.63) is 71.8 Å². The summed E-state index contributed by atoms with van der Waals surface area (Å²) < 4.78 is 17.4. The summed E-state index contributed by atoms with van der Waals surface area (Å²) in [6.07, 6.45) is -2.69. The summed E-state index contributed by atoms with van der Waals surface area (Å²) in [5, 5.41) is 19.9. The van der Waals surface area contributed by atoms with Gasteiger partial charge < -0.3 is 24.4 Å². The van der Waals surface area contributed by atoms with Crippen molar-refractivity contribution >= 4 is 22.6 Å². The topological polar surface area (TPSA) is 68.2 Å². The molecule has 1 aliphatic rings. The molecule has 0 amide bonds. The van der Waals surface area contributed by atoms with Crippen LogP contribution < -0.4 is 0 Å². The highest BCUT2D eigenvalue weighted by Crippen LogP contribution is 2.31. The van der Waals surface area contributed by atoms with Crippen molar-refractivity contribution in [2.45, 2.75) is 41.7 Å². The highest BCUT2D eigenvalue weighted by Gasteiger charge is 2.45. The Bertz CT molecular complexity index is 654. The predicted molar refractivity (Wildman–Crippen MR) is 106 cm³/mol. The number of ether oxygens (including phenoxy) is 3. The lowest BCUT2D eigenvalue weighted by molar-refractivity contribution is -0.270. The minimum atomic E-state index is -1.15. The number of aliphatic hydroxyl groups excluding tert-OH is 2. The lowest BCUT2D eigenvalue weighted by Crippen LogP contribution is -2.58. The van der Waals surface area contributed by atoms with Gasteiger partial charge >= 0.3 is 0 Å². The molecule has 2 aromatic rings. The van der Waals surface area contributed by atoms with Crippen LogP contribution in [0.15, 0.2) is 60.7 Å². The van der Waals surface area contributed by atoms with E-state index in [0.717, 1.165) is 11.1 Å². The van der Waals surface area contributed by atoms with Crippen LogP contribution in [-0.4, -0.2) is 45.3 Å². The molecule has 0 spiro atoms. The molecule has 6 heteroatoms. The lowest BCUT2D eigenvalue weighted by atomic mass is 10.0. The summed E-state index contributed by atoms with van der Waals surface area (Å²) in [6.45, 7) is 0.576. The van der Waals surface area contributed by atoms with Crippen LogP contribution in [0.1, 0.15) is 11.1 Å². The standard InChI is InChI=1S/C20H23IO5/c21-17-16(11-22)26-20(23)19(25-13-15-9-5-2-6-10-15)18(17)24-12-14-7-3-1-4-8-14/h1-10,16-20,22-23H,11-13H2/t16-,17+,18+,19-,20+/m1/s1. The number of benzene rings is 2. The third kappa shape index (κ3) is 5.03. The fourth-order valence-corrected chi connectivity index (χ4v) is 3.94. The summed E-state index contributed by atoms with van der Waals surface area (Å²) in [5.74, 6) is 0. The van der Waals surface area contributed by atoms with E-state index in [0.29, 0.717) is 13.2 Å². The van der Waals surface area contributed by atoms with Crippen LogP contribution >= 0.6 is 22.6 Å². The Kier molecular flexibility index (Phi) is 7.42. The molecule has 0 unspecified atom stereocenters. The first-order chi connectivity index (χ1) is 12.7. The monoisotopic (exact) mass is 470 g/mol. The Labute approximate surface area is 167 Å². The van der Waals surface area contributed by atoms with Crippen LogP contribution in [0, 0.1) is 0 Å². The van der Waals surface area contributed by atoms with Crippen LogP contribution in [0.3, 0.4) is 0 Å². The van der Waals surface area contributed by atoms with Crippen LogP contribution in [-0.2, 0) is 27.4 Å². The smallest absolute Gasteiger partial charge is 0.184 e. The van der Waals surface area contributed by atoms with E-state index in [1.54, 1.807) is 0 Å². The number of hydrogen-bond acceptors (Lipinski definition) is 5. The molecule has 140 valence electrons. The molecule has 0 aromatic heterocycles. The Morgan fingerprint density at radius 3 is 1.85 bits per heavy atom. The van der Waals surface area contributed by atoms with Gasteiger partial charge in [0.25, 0.3) is 0 Å². The predicted octanol–water partition coefficient (Wildman–Crippen LogP) is 2.67. The highest BCUT2D eigenvalue weighted by atomic mass is 127. The van der Waals surface area contributed by atoms with Crippen molar-refractivity contribution in [2.75, 3.05) is 6.61 Å². The molecule has 0 bridgehead atoms. The Balaban J connectivity index is 1.69. The molecule has 1 aliphatic heterocycles. The van der Waals surface area contributed by atoms with Crippen molar-refractivity contribution in [3.63, 3.8) is 0 Å². The zero-order chi connectivity index (χ0) is 18.4. The summed E-state index contributed by atoms with van der Waals surface area (Å²) in [6, 6.07) is 19.6. The van der Waals surface area contributed by atoms with Gasteiger partial charge in [-0.05, 0) is 11.1 Å². The van der Waals surface area contributed by atoms with Gasteiger partial charge in [0, 0.05) is 0 Å². The molecule has 1 heterocycles. The highest BCUT2D eigenvalue weighted by molar-refractivity contribution is 14.1. The van der Waals surface area contributed by atoms with E-state index >= 15 is 0 Å². The fraction of sp³-hybridized carbons (Fsp3) is 0.400. The van der Waals surface area contributed by atoms with Gasteiger partial charge in [0.15, 0.2) is 6.29 Å². The molecule has 5 atom stereocenters. The second-order valence-corrected chi connectivity index (χ2v) is 7.65. The number of rotatable bonds is 7. The summed E-state index contributed by atoms with van der Waals surface area (Å²) in [4.78, 5) is 0. The van der Waals surface area contributed by atoms with Gasteiger partial charge in [0.05, 0.1) is 29.8 Å². The summed E-state index contributed by atoms with van der Waals surface area (Å²) >= 11 is 2.20. The van der Waals surface area contributed by atoms with E-state index < -0.39 is 24.6 Å². The Morgan fingerprint density at radius 1 is 0.846 bits per heavy atom. The van der Waals surface area contributed by atoms with Gasteiger partial charge in [-0.25, -0.2) is 0 Å². The van der Waals surface area contributed by atoms with Gasteiger partial charge in [-0.1, -0.05) is 83.3 Å². The van der Waals surface area contributed by atoms with Crippen molar-refractivity contribution < 1.29 is 24.4 Å². The second kappa shape index (κ2) is 9.77. The van der Waals surface area contributed by atoms with Crippen LogP contribution in [0.4, 0.5) is 0 Å². The largest absolute Gasteiger partial charge is 0.394 e. The number of halogens is 1. The fourth-order valence-electron chi connectivity index (χ4n) is 2.93. The molecule has 5 nitrogen and oxygen atoms in total. The van der Waals surface area contributed by atoms with E-state index in [2.05, 4.69) is 22.6 Å². The molecule has 1 fully saturated rings. The molecule has 2 aromatic carbocycles. The van der Waals surface area contributed by atoms with E-state index in [4.69, 9.17) is 14.2 Å². The minimum absolute atomic E-state index is 0.148. The van der Waals surface area contributed by atoms with Crippen molar-refractivity contribution in [3.8, 4) is 0 Å². The molecule has 26 heavy (non-hydrogen) atoms. The number of aliphatic hydroxyl groups is 2. The molecule has 0 aliphatic carbocycles. The Morgan fingerprint density at radius 2 is 1.35 bits per heavy atom. The SMILES string of the molecule is OC[C@H]1O[C@H](O)[C@H](OCc2ccccc2)[C@@H](OCc2ccccc2)[C@H]1I. The molecular weight excluding hydrogens is 447 g/mol. The van der Waals surface area contributed by atoms with Crippen molar-refractivity contribution in [1.82, 2.24) is 0 Å². The summed E-state index contributed by atoms with van der Waals surface area (Å²) in [7, 11) is 0. The maximum atomic E-state index is 10.4. The van der Waals surface area contributed by atoms with Gasteiger partial charge in [0.1, 0.15) is 12.2 Å². The molecule has 3 rings (SSSR count). The minimum Gasteiger partial charge on any atom is -0.394 e. The van der Waals surface area contributed by atoms with E-state index in [-0.39, 0.29) is 10.5 Å². The normalized spacial score (nSPS) is 28.8. The average Bonchev–Trinajstić information content (AvgIpc) is 2.69. The van der Waals surface area contributed by atoms with Gasteiger partial charge in [-0.2, -0.15) is 0 Å². The van der Waals surface area contributed by atoms with Gasteiger partial charge in [0.2, 0.25) is 0 Å². The molecule has 2 N–H and O–H groups in total. The van der Waals surface area contributed by atoms with Crippen molar-refractivity contribution in [1.29, 1.82) is 0 Å². The third-order valence-electron chi connectivity index (χ3n) is 4.34. The summed E-state index contributed by atoms with van der Waals surface area (Å²) in [5.41, 5.74) is 2.05. The number of alkyl halides is 1. The molecular formula is C20H23IO5. The number of hydrogen-bond donors (Lipinski definition) is 2. The quantitative estimate of drug-likeness (QED) is 0.481. The van der Waals surface area contributed by atoms with Crippen molar-refractivity contribution in [2.24, 2.45) is 0 Å². The van der Waals surface area contributed by atoms with Crippen LogP contribution in [0.25, 0.3) is 0 Å². The van der Waals surface area contributed by atoms with Gasteiger partial charge in [-0.3, -0.25) is 0 Å². The van der Waals surface area contributed by atoms with E-state index in [1.807, 2.05) is 60.7 Å². The first kappa shape index (κ1) is 19.7. The lowest BCUT2D eigenvalue weighted by Gasteiger charge is -2.42. The zero-order valence-corrected chi connectivity index (χ0v) is 16.4. The zero-order valence-electron chi connectivity index (χ0n) is 14.3. The van der Waals surface area contributed by atoms with Crippen LogP contribution in [0.5, 0.6) is 0 Å². The van der Waals surface area contributed by atoms with Crippen LogP contribution in [0.2, 0.25) is 0 Å². The molecule has 0 radical (unpaired) electrons. The molecule has 0 saturated carbocycles. The van der Waals surface area contributed by atoms with E-state index in [1.165, 1.54) is 0 Å². The van der Waals surface area contributed by atoms with E-state index in [9.17, 15) is 10.2 Å². The first-order valence-electron chi connectivity index (χ1n) is 8.58. The second-order valence-electron chi connectivity index (χ2n) is 6.21. The van der Waals surface area contributed by atoms with Gasteiger partial charge in [-0.15, -0.1) is 0 Å². The third-order valence-corrected chi connectivity index (χ3v) is 5.85. The molecule has 1 saturated heterocycles. The average molecular weight is 470 g/mol. The Hall–Kier alpha value is -1.03. The first-order valence-corrected chi connectivity index (χ1v) is 9.83. The maximum Gasteiger partial charge on any atom is 0.184 e. The maximum absolute atomic E-state index is 10.4.